The molecule has 2 bridgehead atoms. The Morgan fingerprint density at radius 1 is 1.10 bits per heavy atom. The highest BCUT2D eigenvalue weighted by molar-refractivity contribution is 9.09. The Hall–Kier alpha value is -1.89. The molecule has 1 N–H and O–H groups in total. The van der Waals surface area contributed by atoms with Gasteiger partial charge in [-0.1, -0.05) is 34.8 Å². The van der Waals surface area contributed by atoms with Crippen LogP contribution in [0.5, 0.6) is 0 Å². The van der Waals surface area contributed by atoms with E-state index >= 15 is 0 Å². The van der Waals surface area contributed by atoms with Gasteiger partial charge in [0.05, 0.1) is 16.7 Å². The van der Waals surface area contributed by atoms with Gasteiger partial charge in [-0.2, -0.15) is 0 Å². The van der Waals surface area contributed by atoms with Gasteiger partial charge in [-0.3, -0.25) is 14.4 Å². The average Bonchev–Trinajstić information content (AvgIpc) is 3.22. The number of hydrogen-bond acceptors (Lipinski definition) is 4. The van der Waals surface area contributed by atoms with Crippen LogP contribution in [0.2, 0.25) is 0 Å². The number of carbonyl (C=O) groups excluding carboxylic acids is 3. The number of fused-ring (bicyclic) bond motifs is 1. The highest BCUT2D eigenvalue weighted by Crippen LogP contribution is 2.60. The molecule has 2 aliphatic heterocycles. The van der Waals surface area contributed by atoms with E-state index in [0.29, 0.717) is 11.3 Å². The van der Waals surface area contributed by atoms with E-state index in [-0.39, 0.29) is 52.4 Å². The lowest BCUT2D eigenvalue weighted by Crippen LogP contribution is -2.40. The third-order valence-electron chi connectivity index (χ3n) is 7.10. The van der Waals surface area contributed by atoms with Crippen molar-refractivity contribution in [1.29, 1.82) is 0 Å². The summed E-state index contributed by atoms with van der Waals surface area (Å²) < 4.78 is 5.49. The predicted molar refractivity (Wildman–Crippen MR) is 111 cm³/mol. The van der Waals surface area contributed by atoms with Crippen LogP contribution in [0, 0.1) is 23.7 Å². The quantitative estimate of drug-likeness (QED) is 0.554. The standard InChI is InChI=1S/C22H25BrN2O4/c23-18-14-11-15-17(22(28)29-19(15)18)16(14)20(26)24-13-7-5-6-12(10-13)21(27)25-8-3-1-2-4-9-25/h5-7,10,14-19H,1-4,8-9,11H2,(H,24,26)/t14-,15-,16-,17+,18+,19+/m1/s1. The summed E-state index contributed by atoms with van der Waals surface area (Å²) in [6.45, 7) is 1.58. The second-order valence-corrected chi connectivity index (χ2v) is 9.79. The zero-order chi connectivity index (χ0) is 20.1. The second kappa shape index (κ2) is 7.42. The summed E-state index contributed by atoms with van der Waals surface area (Å²) >= 11 is 3.64. The van der Waals surface area contributed by atoms with Gasteiger partial charge in [-0.05, 0) is 43.4 Å². The molecule has 154 valence electrons. The Balaban J connectivity index is 1.31. The first-order valence-electron chi connectivity index (χ1n) is 10.6. The molecule has 2 aliphatic carbocycles. The SMILES string of the molecule is O=C(Nc1cccc(C(=O)N2CCCCCC2)c1)[C@@H]1[C@H]2C[C@H]3[C@H](OC(=O)[C@@H]31)[C@H]2Br. The highest BCUT2D eigenvalue weighted by atomic mass is 79.9. The lowest BCUT2D eigenvalue weighted by molar-refractivity contribution is -0.145. The minimum atomic E-state index is -0.374. The van der Waals surface area contributed by atoms with Gasteiger partial charge in [-0.25, -0.2) is 0 Å². The highest BCUT2D eigenvalue weighted by Gasteiger charge is 2.67. The summed E-state index contributed by atoms with van der Waals surface area (Å²) in [4.78, 5) is 40.2. The van der Waals surface area contributed by atoms with Gasteiger partial charge in [-0.15, -0.1) is 0 Å². The number of nitrogens with one attached hydrogen (secondary N) is 1. The monoisotopic (exact) mass is 460 g/mol. The molecule has 6 atom stereocenters. The van der Waals surface area contributed by atoms with Gasteiger partial charge in [0.2, 0.25) is 5.91 Å². The van der Waals surface area contributed by atoms with Gasteiger partial charge < -0.3 is 15.0 Å². The third kappa shape index (κ3) is 3.18. The first kappa shape index (κ1) is 19.1. The van der Waals surface area contributed by atoms with Crippen molar-refractivity contribution in [2.75, 3.05) is 18.4 Å². The Labute approximate surface area is 178 Å². The third-order valence-corrected chi connectivity index (χ3v) is 8.30. The number of halogens is 1. The van der Waals surface area contributed by atoms with Crippen molar-refractivity contribution < 1.29 is 19.1 Å². The molecule has 0 spiro atoms. The lowest BCUT2D eigenvalue weighted by atomic mass is 9.79. The topological polar surface area (TPSA) is 75.7 Å². The number of nitrogens with zero attached hydrogens (tertiary/aromatic N) is 1. The molecule has 2 amide bonds. The van der Waals surface area contributed by atoms with E-state index in [9.17, 15) is 14.4 Å². The van der Waals surface area contributed by atoms with E-state index in [1.807, 2.05) is 4.90 Å². The van der Waals surface area contributed by atoms with Gasteiger partial charge >= 0.3 is 5.97 Å². The predicted octanol–water partition coefficient (Wildman–Crippen LogP) is 3.21. The number of amides is 2. The summed E-state index contributed by atoms with van der Waals surface area (Å²) in [5.74, 6) is -0.822. The van der Waals surface area contributed by atoms with Crippen LogP contribution in [-0.4, -0.2) is 46.7 Å². The van der Waals surface area contributed by atoms with Gasteiger partial charge in [0, 0.05) is 30.3 Å². The molecule has 0 aromatic heterocycles. The normalized spacial score (nSPS) is 35.3. The van der Waals surface area contributed by atoms with Crippen LogP contribution in [-0.2, 0) is 14.3 Å². The number of ether oxygens (including phenoxy) is 1. The van der Waals surface area contributed by atoms with Crippen molar-refractivity contribution >= 4 is 39.4 Å². The second-order valence-electron chi connectivity index (χ2n) is 8.74. The Morgan fingerprint density at radius 3 is 2.62 bits per heavy atom. The fourth-order valence-electron chi connectivity index (χ4n) is 5.74. The number of hydrogen-bond donors (Lipinski definition) is 1. The summed E-state index contributed by atoms with van der Waals surface area (Å²) in [6, 6.07) is 7.15. The summed E-state index contributed by atoms with van der Waals surface area (Å²) in [5, 5.41) is 2.96. The molecule has 2 saturated carbocycles. The maximum atomic E-state index is 13.1. The first-order chi connectivity index (χ1) is 14.0. The molecule has 4 aliphatic rings. The molecule has 1 aromatic carbocycles. The van der Waals surface area contributed by atoms with Crippen molar-refractivity contribution in [3.05, 3.63) is 29.8 Å². The average molecular weight is 461 g/mol. The maximum Gasteiger partial charge on any atom is 0.310 e. The van der Waals surface area contributed by atoms with Crippen LogP contribution >= 0.6 is 15.9 Å². The fraction of sp³-hybridized carbons (Fsp3) is 0.591. The minimum Gasteiger partial charge on any atom is -0.461 e. The number of anilines is 1. The molecule has 0 unspecified atom stereocenters. The zero-order valence-corrected chi connectivity index (χ0v) is 17.8. The van der Waals surface area contributed by atoms with Crippen LogP contribution in [0.25, 0.3) is 0 Å². The minimum absolute atomic E-state index is 0.0191. The molecular formula is C22H25BrN2O4. The molecule has 4 fully saturated rings. The summed E-state index contributed by atoms with van der Waals surface area (Å²) in [5.41, 5.74) is 1.20. The van der Waals surface area contributed by atoms with E-state index < -0.39 is 0 Å². The molecule has 2 saturated heterocycles. The van der Waals surface area contributed by atoms with Crippen LogP contribution in [0.3, 0.4) is 0 Å². The molecule has 7 heteroatoms. The Kier molecular flexibility index (Phi) is 4.88. The first-order valence-corrected chi connectivity index (χ1v) is 11.5. The summed E-state index contributed by atoms with van der Waals surface area (Å²) in [7, 11) is 0. The molecule has 2 heterocycles. The van der Waals surface area contributed by atoms with Crippen LogP contribution in [0.15, 0.2) is 24.3 Å². The van der Waals surface area contributed by atoms with Crippen molar-refractivity contribution in [2.45, 2.75) is 43.0 Å². The number of likely N-dealkylation sites (tertiary alicyclic amines) is 1. The maximum absolute atomic E-state index is 13.1. The number of benzene rings is 1. The molecule has 1 aromatic rings. The fourth-order valence-corrected chi connectivity index (χ4v) is 6.79. The van der Waals surface area contributed by atoms with Gasteiger partial charge in [0.25, 0.3) is 5.91 Å². The van der Waals surface area contributed by atoms with Gasteiger partial charge in [0.15, 0.2) is 0 Å². The molecule has 6 nitrogen and oxygen atoms in total. The van der Waals surface area contributed by atoms with E-state index in [1.165, 1.54) is 12.8 Å². The molecule has 29 heavy (non-hydrogen) atoms. The van der Waals surface area contributed by atoms with Crippen molar-refractivity contribution in [3.63, 3.8) is 0 Å². The van der Waals surface area contributed by atoms with Gasteiger partial charge in [0.1, 0.15) is 6.10 Å². The molecule has 5 rings (SSSR count). The van der Waals surface area contributed by atoms with E-state index in [1.54, 1.807) is 24.3 Å². The number of carbonyl (C=O) groups is 3. The number of esters is 1. The summed E-state index contributed by atoms with van der Waals surface area (Å²) in [6.07, 6.45) is 5.18. The smallest absolute Gasteiger partial charge is 0.310 e. The number of rotatable bonds is 3. The van der Waals surface area contributed by atoms with E-state index in [0.717, 1.165) is 32.4 Å². The lowest BCUT2D eigenvalue weighted by Gasteiger charge is -2.27. The van der Waals surface area contributed by atoms with E-state index in [2.05, 4.69) is 21.2 Å². The largest absolute Gasteiger partial charge is 0.461 e. The van der Waals surface area contributed by atoms with Crippen LogP contribution in [0.4, 0.5) is 5.69 Å². The van der Waals surface area contributed by atoms with E-state index in [4.69, 9.17) is 4.74 Å². The number of alkyl halides is 1. The Morgan fingerprint density at radius 2 is 1.86 bits per heavy atom. The van der Waals surface area contributed by atoms with Crippen LogP contribution in [0.1, 0.15) is 42.5 Å². The molecular weight excluding hydrogens is 436 g/mol. The zero-order valence-electron chi connectivity index (χ0n) is 16.2. The van der Waals surface area contributed by atoms with Crippen molar-refractivity contribution in [3.8, 4) is 0 Å². The van der Waals surface area contributed by atoms with Crippen molar-refractivity contribution in [1.82, 2.24) is 4.90 Å². The molecule has 0 radical (unpaired) electrons. The van der Waals surface area contributed by atoms with Crippen LogP contribution < -0.4 is 5.32 Å². The van der Waals surface area contributed by atoms with Crippen molar-refractivity contribution in [2.24, 2.45) is 23.7 Å². The Bertz CT molecular complexity index is 851.